The minimum absolute atomic E-state index is 0.141. The molecule has 6 heteroatoms. The number of halogens is 1. The predicted molar refractivity (Wildman–Crippen MR) is 70.9 cm³/mol. The molecule has 0 saturated heterocycles. The highest BCUT2D eigenvalue weighted by atomic mass is 19.1. The Labute approximate surface area is 116 Å². The van der Waals surface area contributed by atoms with Crippen molar-refractivity contribution in [3.8, 4) is 5.75 Å². The number of amides is 1. The maximum Gasteiger partial charge on any atom is 0.346 e. The number of carbonyl (C=O) groups is 2. The fourth-order valence-corrected chi connectivity index (χ4v) is 1.51. The highest BCUT2D eigenvalue weighted by molar-refractivity contribution is 5.78. The van der Waals surface area contributed by atoms with Crippen molar-refractivity contribution >= 4 is 11.9 Å². The molecular weight excluding hydrogens is 265 g/mol. The van der Waals surface area contributed by atoms with Crippen LogP contribution in [0.25, 0.3) is 0 Å². The molecule has 0 radical (unpaired) electrons. The fraction of sp³-hybridized carbons (Fsp3) is 0.429. The van der Waals surface area contributed by atoms with Crippen LogP contribution in [0.3, 0.4) is 0 Å². The van der Waals surface area contributed by atoms with Crippen LogP contribution in [0.1, 0.15) is 20.3 Å². The minimum atomic E-state index is -1.21. The van der Waals surface area contributed by atoms with Crippen LogP contribution in [0.5, 0.6) is 5.75 Å². The number of hydrogen-bond donors (Lipinski definition) is 2. The summed E-state index contributed by atoms with van der Waals surface area (Å²) in [5.74, 6) is -1.43. The van der Waals surface area contributed by atoms with Crippen molar-refractivity contribution in [2.45, 2.75) is 26.4 Å². The van der Waals surface area contributed by atoms with E-state index in [0.29, 0.717) is 6.42 Å². The molecule has 0 heterocycles. The third-order valence-corrected chi connectivity index (χ3v) is 2.45. The maximum atomic E-state index is 12.7. The second-order valence-electron chi connectivity index (χ2n) is 4.80. The van der Waals surface area contributed by atoms with Crippen molar-refractivity contribution in [1.82, 2.24) is 5.32 Å². The van der Waals surface area contributed by atoms with Crippen LogP contribution in [-0.4, -0.2) is 29.6 Å². The van der Waals surface area contributed by atoms with Crippen LogP contribution >= 0.6 is 0 Å². The number of hydrogen-bond acceptors (Lipinski definition) is 3. The average Bonchev–Trinajstić information content (AvgIpc) is 2.35. The predicted octanol–water partition coefficient (Wildman–Crippen LogP) is 1.82. The van der Waals surface area contributed by atoms with E-state index in [2.05, 4.69) is 5.32 Å². The zero-order valence-corrected chi connectivity index (χ0v) is 11.4. The lowest BCUT2D eigenvalue weighted by atomic mass is 10.1. The van der Waals surface area contributed by atoms with E-state index < -0.39 is 17.9 Å². The SMILES string of the molecule is CC(C)CC(=O)NCC(Oc1ccc(F)cc1)C(=O)O. The summed E-state index contributed by atoms with van der Waals surface area (Å²) < 4.78 is 17.9. The van der Waals surface area contributed by atoms with Gasteiger partial charge < -0.3 is 15.2 Å². The molecule has 0 aromatic heterocycles. The van der Waals surface area contributed by atoms with Crippen molar-refractivity contribution in [1.29, 1.82) is 0 Å². The maximum absolute atomic E-state index is 12.7. The van der Waals surface area contributed by atoms with Gasteiger partial charge in [0, 0.05) is 6.42 Å². The number of aliphatic carboxylic acids is 1. The van der Waals surface area contributed by atoms with Crippen LogP contribution in [-0.2, 0) is 9.59 Å². The highest BCUT2D eigenvalue weighted by Crippen LogP contribution is 2.13. The smallest absolute Gasteiger partial charge is 0.346 e. The van der Waals surface area contributed by atoms with Gasteiger partial charge in [0.05, 0.1) is 6.54 Å². The van der Waals surface area contributed by atoms with Gasteiger partial charge >= 0.3 is 5.97 Å². The molecule has 0 bridgehead atoms. The van der Waals surface area contributed by atoms with Crippen LogP contribution in [0, 0.1) is 11.7 Å². The van der Waals surface area contributed by atoms with E-state index in [9.17, 15) is 14.0 Å². The van der Waals surface area contributed by atoms with E-state index >= 15 is 0 Å². The van der Waals surface area contributed by atoms with E-state index in [1.165, 1.54) is 24.3 Å². The Hall–Kier alpha value is -2.11. The van der Waals surface area contributed by atoms with E-state index in [1.54, 1.807) is 0 Å². The van der Waals surface area contributed by atoms with Gasteiger partial charge in [0.25, 0.3) is 0 Å². The van der Waals surface area contributed by atoms with E-state index in [1.807, 2.05) is 13.8 Å². The monoisotopic (exact) mass is 283 g/mol. The van der Waals surface area contributed by atoms with Gasteiger partial charge in [-0.05, 0) is 30.2 Å². The van der Waals surface area contributed by atoms with Crippen molar-refractivity contribution in [2.24, 2.45) is 5.92 Å². The second kappa shape index (κ2) is 7.47. The molecule has 0 saturated carbocycles. The first kappa shape index (κ1) is 15.9. The molecule has 1 rings (SSSR count). The second-order valence-corrected chi connectivity index (χ2v) is 4.80. The molecule has 5 nitrogen and oxygen atoms in total. The minimum Gasteiger partial charge on any atom is -0.478 e. The summed E-state index contributed by atoms with van der Waals surface area (Å²) in [6.07, 6.45) is -0.889. The van der Waals surface area contributed by atoms with Gasteiger partial charge in [-0.1, -0.05) is 13.8 Å². The van der Waals surface area contributed by atoms with Crippen LogP contribution in [0.2, 0.25) is 0 Å². The van der Waals surface area contributed by atoms with Gasteiger partial charge in [-0.25, -0.2) is 9.18 Å². The quantitative estimate of drug-likeness (QED) is 0.800. The number of carbonyl (C=O) groups excluding carboxylic acids is 1. The van der Waals surface area contributed by atoms with Crippen LogP contribution < -0.4 is 10.1 Å². The molecular formula is C14H18FNO4. The van der Waals surface area contributed by atoms with Crippen molar-refractivity contribution in [3.05, 3.63) is 30.1 Å². The Balaban J connectivity index is 2.55. The summed E-state index contributed by atoms with van der Waals surface area (Å²) in [5, 5.41) is 11.5. The Bertz CT molecular complexity index is 459. The lowest BCUT2D eigenvalue weighted by molar-refractivity contribution is -0.145. The molecule has 1 unspecified atom stereocenters. The van der Waals surface area contributed by atoms with Gasteiger partial charge in [-0.15, -0.1) is 0 Å². The molecule has 0 spiro atoms. The van der Waals surface area contributed by atoms with Crippen LogP contribution in [0.15, 0.2) is 24.3 Å². The van der Waals surface area contributed by atoms with Crippen molar-refractivity contribution in [2.75, 3.05) is 6.54 Å². The third-order valence-electron chi connectivity index (χ3n) is 2.45. The van der Waals surface area contributed by atoms with Gasteiger partial charge in [0.15, 0.2) is 0 Å². The average molecular weight is 283 g/mol. The molecule has 1 amide bonds. The molecule has 110 valence electrons. The van der Waals surface area contributed by atoms with Gasteiger partial charge in [0.1, 0.15) is 11.6 Å². The number of carboxylic acid groups (broad SMARTS) is 1. The Morgan fingerprint density at radius 2 is 1.90 bits per heavy atom. The molecule has 1 atom stereocenters. The van der Waals surface area contributed by atoms with Crippen LogP contribution in [0.4, 0.5) is 4.39 Å². The molecule has 0 fully saturated rings. The van der Waals surface area contributed by atoms with Gasteiger partial charge in [-0.2, -0.15) is 0 Å². The summed E-state index contributed by atoms with van der Waals surface area (Å²) in [4.78, 5) is 22.5. The first-order valence-corrected chi connectivity index (χ1v) is 6.30. The Morgan fingerprint density at radius 1 is 1.30 bits per heavy atom. The van der Waals surface area contributed by atoms with Gasteiger partial charge in [0.2, 0.25) is 12.0 Å². The zero-order chi connectivity index (χ0) is 15.1. The lowest BCUT2D eigenvalue weighted by Crippen LogP contribution is -2.40. The number of rotatable bonds is 7. The molecule has 2 N–H and O–H groups in total. The third kappa shape index (κ3) is 5.69. The molecule has 20 heavy (non-hydrogen) atoms. The lowest BCUT2D eigenvalue weighted by Gasteiger charge is -2.16. The number of carboxylic acids is 1. The summed E-state index contributed by atoms with van der Waals surface area (Å²) in [7, 11) is 0. The molecule has 0 aliphatic carbocycles. The zero-order valence-electron chi connectivity index (χ0n) is 11.4. The summed E-state index contributed by atoms with van der Waals surface area (Å²) in [6, 6.07) is 5.01. The number of ether oxygens (including phenoxy) is 1. The van der Waals surface area contributed by atoms with E-state index in [0.717, 1.165) is 0 Å². The molecule has 1 aromatic rings. The molecule has 0 aliphatic heterocycles. The standard InChI is InChI=1S/C14H18FNO4/c1-9(2)7-13(17)16-8-12(14(18)19)20-11-5-3-10(15)4-6-11/h3-6,9,12H,7-8H2,1-2H3,(H,16,17)(H,18,19). The normalized spacial score (nSPS) is 12.0. The molecule has 0 aliphatic rings. The topological polar surface area (TPSA) is 75.6 Å². The summed E-state index contributed by atoms with van der Waals surface area (Å²) in [5.41, 5.74) is 0. The van der Waals surface area contributed by atoms with Crippen molar-refractivity contribution < 1.29 is 23.8 Å². The summed E-state index contributed by atoms with van der Waals surface area (Å²) in [6.45, 7) is 3.64. The number of benzene rings is 1. The first-order chi connectivity index (χ1) is 9.38. The Kier molecular flexibility index (Phi) is 5.96. The van der Waals surface area contributed by atoms with Crippen molar-refractivity contribution in [3.63, 3.8) is 0 Å². The van der Waals surface area contributed by atoms with E-state index in [4.69, 9.17) is 9.84 Å². The molecule has 1 aromatic carbocycles. The Morgan fingerprint density at radius 3 is 2.40 bits per heavy atom. The fourth-order valence-electron chi connectivity index (χ4n) is 1.51. The van der Waals surface area contributed by atoms with E-state index in [-0.39, 0.29) is 24.1 Å². The first-order valence-electron chi connectivity index (χ1n) is 6.30. The highest BCUT2D eigenvalue weighted by Gasteiger charge is 2.20. The number of nitrogens with one attached hydrogen (secondary N) is 1. The summed E-state index contributed by atoms with van der Waals surface area (Å²) >= 11 is 0. The van der Waals surface area contributed by atoms with Gasteiger partial charge in [-0.3, -0.25) is 4.79 Å². The largest absolute Gasteiger partial charge is 0.478 e.